The predicted octanol–water partition coefficient (Wildman–Crippen LogP) is 5.14. The number of amides is 1. The highest BCUT2D eigenvalue weighted by molar-refractivity contribution is 8.19. The Hall–Kier alpha value is -1.30. The predicted molar refractivity (Wildman–Crippen MR) is 104 cm³/mol. The average Bonchev–Trinajstić information content (AvgIpc) is 3.11. The summed E-state index contributed by atoms with van der Waals surface area (Å²) < 4.78 is 6.09. The molecule has 126 valence electrons. The molecule has 3 nitrogen and oxygen atoms in total. The van der Waals surface area contributed by atoms with Crippen LogP contribution in [0.25, 0.3) is 0 Å². The molecule has 1 fully saturated rings. The molecule has 2 aromatic carbocycles. The summed E-state index contributed by atoms with van der Waals surface area (Å²) in [5, 5.41) is 3.49. The molecule has 1 N–H and O–H groups in total. The Kier molecular flexibility index (Phi) is 5.98. The van der Waals surface area contributed by atoms with Crippen molar-refractivity contribution >= 4 is 46.7 Å². The molecule has 0 unspecified atom stereocenters. The van der Waals surface area contributed by atoms with Crippen molar-refractivity contribution in [2.45, 2.75) is 11.5 Å². The lowest BCUT2D eigenvalue weighted by Gasteiger charge is -2.11. The molecule has 0 aromatic heterocycles. The van der Waals surface area contributed by atoms with Crippen LogP contribution in [-0.4, -0.2) is 24.0 Å². The van der Waals surface area contributed by atoms with E-state index in [2.05, 4.69) is 17.4 Å². The topological polar surface area (TPSA) is 38.3 Å². The maximum absolute atomic E-state index is 12.0. The normalized spacial score (nSPS) is 14.6. The van der Waals surface area contributed by atoms with E-state index in [1.165, 1.54) is 17.1 Å². The number of carbonyl (C=O) groups excluding carboxylic acids is 1. The van der Waals surface area contributed by atoms with Crippen LogP contribution in [0.1, 0.15) is 15.7 Å². The Morgan fingerprint density at radius 1 is 1.21 bits per heavy atom. The van der Waals surface area contributed by atoms with Crippen molar-refractivity contribution in [3.8, 4) is 5.75 Å². The first kappa shape index (κ1) is 17.5. The third-order valence-corrected chi connectivity index (χ3v) is 6.95. The summed E-state index contributed by atoms with van der Waals surface area (Å²) in [6.07, 6.45) is 0. The van der Waals surface area contributed by atoms with Gasteiger partial charge >= 0.3 is 0 Å². The summed E-state index contributed by atoms with van der Waals surface area (Å²) in [4.78, 5) is 12.0. The summed E-state index contributed by atoms with van der Waals surface area (Å²) in [5.74, 6) is 2.93. The second kappa shape index (κ2) is 8.19. The summed E-state index contributed by atoms with van der Waals surface area (Å²) in [5.41, 5.74) is 2.97. The molecule has 3 rings (SSSR count). The Morgan fingerprint density at radius 2 is 1.92 bits per heavy atom. The number of ether oxygens (including phenoxy) is 1. The van der Waals surface area contributed by atoms with Gasteiger partial charge in [-0.2, -0.15) is 0 Å². The van der Waals surface area contributed by atoms with Gasteiger partial charge in [-0.3, -0.25) is 4.79 Å². The maximum Gasteiger partial charge on any atom is 0.262 e. The van der Waals surface area contributed by atoms with Crippen molar-refractivity contribution in [2.24, 2.45) is 0 Å². The molecule has 0 spiro atoms. The Bertz CT molecular complexity index is 715. The fraction of sp³-hybridized carbons (Fsp3) is 0.278. The number of halogens is 1. The number of nitrogens with one attached hydrogen (secondary N) is 1. The first-order chi connectivity index (χ1) is 11.6. The number of aryl methyl sites for hydroxylation is 1. The van der Waals surface area contributed by atoms with Gasteiger partial charge in [0, 0.05) is 22.2 Å². The molecule has 0 atom stereocenters. The standard InChI is InChI=1S/C18H18ClNO2S2/c1-12-10-14(19)4-7-16(12)20-17(21)11-22-15-5-2-13(3-6-15)18-23-8-9-24-18/h2-7,10,18H,8-9,11H2,1H3,(H,20,21). The van der Waals surface area contributed by atoms with Crippen LogP contribution in [0.15, 0.2) is 42.5 Å². The van der Waals surface area contributed by atoms with Crippen LogP contribution in [0.3, 0.4) is 0 Å². The van der Waals surface area contributed by atoms with E-state index in [0.29, 0.717) is 15.4 Å². The molecule has 6 heteroatoms. The van der Waals surface area contributed by atoms with E-state index in [1.807, 2.05) is 48.6 Å². The van der Waals surface area contributed by atoms with E-state index in [4.69, 9.17) is 16.3 Å². The van der Waals surface area contributed by atoms with Gasteiger partial charge in [0.05, 0.1) is 4.58 Å². The number of hydrogen-bond acceptors (Lipinski definition) is 4. The van der Waals surface area contributed by atoms with Crippen molar-refractivity contribution in [2.75, 3.05) is 23.4 Å². The molecule has 1 amide bonds. The summed E-state index contributed by atoms with van der Waals surface area (Å²) in [6.45, 7) is 1.88. The summed E-state index contributed by atoms with van der Waals surface area (Å²) >= 11 is 9.86. The van der Waals surface area contributed by atoms with Crippen LogP contribution in [0.5, 0.6) is 5.75 Å². The Balaban J connectivity index is 1.52. The molecule has 1 aliphatic rings. The van der Waals surface area contributed by atoms with E-state index in [-0.39, 0.29) is 12.5 Å². The molecular weight excluding hydrogens is 362 g/mol. The average molecular weight is 380 g/mol. The Labute approximate surface area is 155 Å². The first-order valence-corrected chi connectivity index (χ1v) is 10.1. The van der Waals surface area contributed by atoms with Gasteiger partial charge in [0.15, 0.2) is 6.61 Å². The zero-order chi connectivity index (χ0) is 16.9. The van der Waals surface area contributed by atoms with Crippen LogP contribution in [-0.2, 0) is 4.79 Å². The van der Waals surface area contributed by atoms with Gasteiger partial charge in [0.25, 0.3) is 5.91 Å². The van der Waals surface area contributed by atoms with Gasteiger partial charge < -0.3 is 10.1 Å². The molecule has 0 radical (unpaired) electrons. The van der Waals surface area contributed by atoms with Crippen LogP contribution in [0, 0.1) is 6.92 Å². The van der Waals surface area contributed by atoms with E-state index < -0.39 is 0 Å². The van der Waals surface area contributed by atoms with Crippen LogP contribution >= 0.6 is 35.1 Å². The molecule has 0 saturated carbocycles. The monoisotopic (exact) mass is 379 g/mol. The van der Waals surface area contributed by atoms with E-state index >= 15 is 0 Å². The minimum atomic E-state index is -0.189. The second-order valence-electron chi connectivity index (χ2n) is 5.44. The smallest absolute Gasteiger partial charge is 0.262 e. The Morgan fingerprint density at radius 3 is 2.58 bits per heavy atom. The molecule has 0 bridgehead atoms. The highest BCUT2D eigenvalue weighted by Gasteiger charge is 2.18. The van der Waals surface area contributed by atoms with Gasteiger partial charge in [0.1, 0.15) is 5.75 Å². The highest BCUT2D eigenvalue weighted by atomic mass is 35.5. The minimum Gasteiger partial charge on any atom is -0.484 e. The number of anilines is 1. The fourth-order valence-corrected chi connectivity index (χ4v) is 5.46. The van der Waals surface area contributed by atoms with Crippen molar-refractivity contribution in [1.82, 2.24) is 0 Å². The number of carbonyl (C=O) groups is 1. The minimum absolute atomic E-state index is 0.0195. The fourth-order valence-electron chi connectivity index (χ4n) is 2.37. The van der Waals surface area contributed by atoms with Crippen molar-refractivity contribution in [3.05, 3.63) is 58.6 Å². The lowest BCUT2D eigenvalue weighted by molar-refractivity contribution is -0.118. The first-order valence-electron chi connectivity index (χ1n) is 7.64. The van der Waals surface area contributed by atoms with Gasteiger partial charge in [-0.25, -0.2) is 0 Å². The largest absolute Gasteiger partial charge is 0.484 e. The summed E-state index contributed by atoms with van der Waals surface area (Å²) in [6, 6.07) is 13.4. The second-order valence-corrected chi connectivity index (χ2v) is 8.60. The number of benzene rings is 2. The third-order valence-electron chi connectivity index (χ3n) is 3.61. The SMILES string of the molecule is Cc1cc(Cl)ccc1NC(=O)COc1ccc(C2SCCS2)cc1. The highest BCUT2D eigenvalue weighted by Crippen LogP contribution is 2.45. The quantitative estimate of drug-likeness (QED) is 0.780. The van der Waals surface area contributed by atoms with E-state index in [9.17, 15) is 4.79 Å². The number of rotatable bonds is 5. The molecule has 2 aromatic rings. The lowest BCUT2D eigenvalue weighted by Crippen LogP contribution is -2.20. The van der Waals surface area contributed by atoms with Crippen LogP contribution < -0.4 is 10.1 Å². The van der Waals surface area contributed by atoms with Crippen molar-refractivity contribution < 1.29 is 9.53 Å². The molecular formula is C18H18ClNO2S2. The van der Waals surface area contributed by atoms with Crippen molar-refractivity contribution in [1.29, 1.82) is 0 Å². The molecule has 1 aliphatic heterocycles. The van der Waals surface area contributed by atoms with Gasteiger partial charge in [-0.15, -0.1) is 23.5 Å². The van der Waals surface area contributed by atoms with Crippen LogP contribution in [0.2, 0.25) is 5.02 Å². The van der Waals surface area contributed by atoms with Gasteiger partial charge in [-0.05, 0) is 48.4 Å². The number of hydrogen-bond donors (Lipinski definition) is 1. The molecule has 24 heavy (non-hydrogen) atoms. The van der Waals surface area contributed by atoms with E-state index in [0.717, 1.165) is 11.3 Å². The van der Waals surface area contributed by atoms with Gasteiger partial charge in [-0.1, -0.05) is 23.7 Å². The van der Waals surface area contributed by atoms with Crippen molar-refractivity contribution in [3.63, 3.8) is 0 Å². The zero-order valence-corrected chi connectivity index (χ0v) is 15.6. The van der Waals surface area contributed by atoms with Gasteiger partial charge in [0.2, 0.25) is 0 Å². The molecule has 1 heterocycles. The third kappa shape index (κ3) is 4.62. The molecule has 0 aliphatic carbocycles. The van der Waals surface area contributed by atoms with E-state index in [1.54, 1.807) is 12.1 Å². The number of thioether (sulfide) groups is 2. The zero-order valence-electron chi connectivity index (χ0n) is 13.3. The summed E-state index contributed by atoms with van der Waals surface area (Å²) in [7, 11) is 0. The maximum atomic E-state index is 12.0. The molecule has 1 saturated heterocycles. The lowest BCUT2D eigenvalue weighted by atomic mass is 10.2. The van der Waals surface area contributed by atoms with Crippen LogP contribution in [0.4, 0.5) is 5.69 Å².